The largest absolute Gasteiger partial charge is 0.507 e. The molecular weight excluding hydrogens is 244 g/mol. The van der Waals surface area contributed by atoms with Gasteiger partial charge in [-0.3, -0.25) is 0 Å². The zero-order chi connectivity index (χ0) is 15.9. The quantitative estimate of drug-likeness (QED) is 0.733. The van der Waals surface area contributed by atoms with E-state index in [1.54, 1.807) is 0 Å². The van der Waals surface area contributed by atoms with Crippen LogP contribution in [0.25, 0.3) is 0 Å². The van der Waals surface area contributed by atoms with Gasteiger partial charge in [0.15, 0.2) is 0 Å². The van der Waals surface area contributed by atoms with Crippen LogP contribution in [0, 0.1) is 12.3 Å². The first-order valence-corrected chi connectivity index (χ1v) is 7.59. The Morgan fingerprint density at radius 2 is 1.30 bits per heavy atom. The second kappa shape index (κ2) is 5.09. The van der Waals surface area contributed by atoms with Gasteiger partial charge in [0.05, 0.1) is 0 Å². The second-order valence-corrected chi connectivity index (χ2v) is 9.01. The fourth-order valence-electron chi connectivity index (χ4n) is 3.46. The van der Waals surface area contributed by atoms with E-state index in [-0.39, 0.29) is 16.2 Å². The Labute approximate surface area is 125 Å². The molecule has 1 N–H and O–H groups in total. The third-order valence-electron chi connectivity index (χ3n) is 3.94. The lowest BCUT2D eigenvalue weighted by Crippen LogP contribution is -2.26. The van der Waals surface area contributed by atoms with Crippen LogP contribution in [0.2, 0.25) is 0 Å². The summed E-state index contributed by atoms with van der Waals surface area (Å²) in [5.74, 6) is 0.469. The van der Waals surface area contributed by atoms with Crippen molar-refractivity contribution in [3.05, 3.63) is 28.8 Å². The lowest BCUT2D eigenvalue weighted by molar-refractivity contribution is 0.282. The number of phenolic OH excluding ortho intramolecular Hbond substituents is 1. The molecule has 0 aliphatic carbocycles. The monoisotopic (exact) mass is 276 g/mol. The van der Waals surface area contributed by atoms with Crippen LogP contribution in [-0.4, -0.2) is 5.11 Å². The lowest BCUT2D eigenvalue weighted by Gasteiger charge is -2.35. The summed E-state index contributed by atoms with van der Waals surface area (Å²) in [7, 11) is 0. The summed E-state index contributed by atoms with van der Waals surface area (Å²) in [6, 6.07) is 4.31. The van der Waals surface area contributed by atoms with E-state index in [2.05, 4.69) is 67.5 Å². The number of rotatable bonds is 2. The van der Waals surface area contributed by atoms with Crippen LogP contribution in [0.15, 0.2) is 12.1 Å². The average molecular weight is 276 g/mol. The molecule has 0 atom stereocenters. The minimum Gasteiger partial charge on any atom is -0.507 e. The van der Waals surface area contributed by atoms with Gasteiger partial charge >= 0.3 is 0 Å². The van der Waals surface area contributed by atoms with Gasteiger partial charge in [-0.1, -0.05) is 67.5 Å². The molecule has 20 heavy (non-hydrogen) atoms. The number of hydrogen-bond donors (Lipinski definition) is 1. The normalized spacial score (nSPS) is 13.7. The number of phenols is 1. The second-order valence-electron chi connectivity index (χ2n) is 9.01. The highest BCUT2D eigenvalue weighted by Gasteiger charge is 2.30. The molecule has 1 rings (SSSR count). The maximum atomic E-state index is 10.6. The summed E-state index contributed by atoms with van der Waals surface area (Å²) in [5, 5.41) is 10.6. The predicted octanol–water partition coefficient (Wildman–Crippen LogP) is 5.71. The first kappa shape index (κ1) is 17.1. The van der Waals surface area contributed by atoms with Gasteiger partial charge in [0.2, 0.25) is 0 Å². The van der Waals surface area contributed by atoms with Gasteiger partial charge in [-0.05, 0) is 46.3 Å². The molecule has 0 aliphatic heterocycles. The van der Waals surface area contributed by atoms with Crippen LogP contribution in [0.5, 0.6) is 5.75 Å². The fraction of sp³-hybridized carbons (Fsp3) is 0.684. The molecular formula is C19H32O. The molecule has 0 bridgehead atoms. The van der Waals surface area contributed by atoms with Gasteiger partial charge in [0.25, 0.3) is 0 Å². The Morgan fingerprint density at radius 1 is 0.850 bits per heavy atom. The highest BCUT2D eigenvalue weighted by molar-refractivity contribution is 5.49. The molecule has 0 fully saturated rings. The molecule has 0 heterocycles. The highest BCUT2D eigenvalue weighted by atomic mass is 16.3. The van der Waals surface area contributed by atoms with Crippen molar-refractivity contribution in [3.8, 4) is 5.75 Å². The van der Waals surface area contributed by atoms with Crippen molar-refractivity contribution >= 4 is 0 Å². The average Bonchev–Trinajstić information content (AvgIpc) is 2.15. The molecule has 1 aromatic rings. The summed E-state index contributed by atoms with van der Waals surface area (Å²) in [6.45, 7) is 19.8. The van der Waals surface area contributed by atoms with Gasteiger partial charge < -0.3 is 5.11 Å². The van der Waals surface area contributed by atoms with Crippen molar-refractivity contribution in [2.24, 2.45) is 5.41 Å². The molecule has 114 valence electrons. The van der Waals surface area contributed by atoms with Crippen LogP contribution in [0.3, 0.4) is 0 Å². The first-order valence-electron chi connectivity index (χ1n) is 7.59. The van der Waals surface area contributed by atoms with Crippen LogP contribution in [0.4, 0.5) is 0 Å². The SMILES string of the molecule is Cc1c(C(C)(C)CC(C)(C)C)ccc(C(C)(C)C)c1O. The third-order valence-corrected chi connectivity index (χ3v) is 3.94. The molecule has 1 heteroatoms. The first-order chi connectivity index (χ1) is 8.76. The molecule has 1 aromatic carbocycles. The Balaban J connectivity index is 3.33. The van der Waals surface area contributed by atoms with Crippen LogP contribution in [-0.2, 0) is 10.8 Å². The maximum absolute atomic E-state index is 10.6. The summed E-state index contributed by atoms with van der Waals surface area (Å²) >= 11 is 0. The minimum absolute atomic E-state index is 0.0262. The van der Waals surface area contributed by atoms with E-state index < -0.39 is 0 Å². The number of benzene rings is 1. The van der Waals surface area contributed by atoms with E-state index >= 15 is 0 Å². The van der Waals surface area contributed by atoms with Gasteiger partial charge in [-0.15, -0.1) is 0 Å². The van der Waals surface area contributed by atoms with E-state index in [0.717, 1.165) is 17.5 Å². The van der Waals surface area contributed by atoms with Gasteiger partial charge in [-0.25, -0.2) is 0 Å². The van der Waals surface area contributed by atoms with Crippen molar-refractivity contribution in [1.82, 2.24) is 0 Å². The van der Waals surface area contributed by atoms with Crippen molar-refractivity contribution in [2.75, 3.05) is 0 Å². The lowest BCUT2D eigenvalue weighted by atomic mass is 9.70. The molecule has 0 radical (unpaired) electrons. The standard InChI is InChI=1S/C19H32O/c1-13-14(19(8,9)12-17(2,3)4)10-11-15(16(13)20)18(5,6)7/h10-11,20H,12H2,1-9H3. The summed E-state index contributed by atoms with van der Waals surface area (Å²) in [5.41, 5.74) is 3.64. The molecule has 0 saturated carbocycles. The smallest absolute Gasteiger partial charge is 0.122 e. The Hall–Kier alpha value is -0.980. The van der Waals surface area contributed by atoms with Gasteiger partial charge in [0.1, 0.15) is 5.75 Å². The molecule has 0 aromatic heterocycles. The molecule has 0 unspecified atom stereocenters. The summed E-state index contributed by atoms with van der Waals surface area (Å²) in [6.07, 6.45) is 1.09. The molecule has 0 aliphatic rings. The minimum atomic E-state index is -0.0262. The molecule has 1 nitrogen and oxygen atoms in total. The van der Waals surface area contributed by atoms with E-state index in [1.165, 1.54) is 5.56 Å². The van der Waals surface area contributed by atoms with E-state index in [1.807, 2.05) is 6.92 Å². The summed E-state index contributed by atoms with van der Waals surface area (Å²) in [4.78, 5) is 0. The number of hydrogen-bond acceptors (Lipinski definition) is 1. The molecule has 0 saturated heterocycles. The van der Waals surface area contributed by atoms with Crippen molar-refractivity contribution < 1.29 is 5.11 Å². The fourth-order valence-corrected chi connectivity index (χ4v) is 3.46. The van der Waals surface area contributed by atoms with E-state index in [4.69, 9.17) is 0 Å². The zero-order valence-electron chi connectivity index (χ0n) is 14.8. The van der Waals surface area contributed by atoms with Gasteiger partial charge in [-0.2, -0.15) is 0 Å². The van der Waals surface area contributed by atoms with Crippen molar-refractivity contribution in [1.29, 1.82) is 0 Å². The molecule has 0 amide bonds. The third kappa shape index (κ3) is 3.77. The van der Waals surface area contributed by atoms with E-state index in [0.29, 0.717) is 5.75 Å². The topological polar surface area (TPSA) is 20.2 Å². The van der Waals surface area contributed by atoms with Crippen molar-refractivity contribution in [3.63, 3.8) is 0 Å². The van der Waals surface area contributed by atoms with E-state index in [9.17, 15) is 5.11 Å². The highest BCUT2D eigenvalue weighted by Crippen LogP contribution is 2.42. The molecule has 0 spiro atoms. The van der Waals surface area contributed by atoms with Crippen LogP contribution >= 0.6 is 0 Å². The Morgan fingerprint density at radius 3 is 1.70 bits per heavy atom. The zero-order valence-corrected chi connectivity index (χ0v) is 14.8. The van der Waals surface area contributed by atoms with Crippen molar-refractivity contribution in [2.45, 2.75) is 79.6 Å². The van der Waals surface area contributed by atoms with Crippen LogP contribution < -0.4 is 0 Å². The van der Waals surface area contributed by atoms with Gasteiger partial charge in [0, 0.05) is 0 Å². The van der Waals surface area contributed by atoms with Crippen LogP contribution in [0.1, 0.15) is 78.5 Å². The number of aromatic hydroxyl groups is 1. The predicted molar refractivity (Wildman–Crippen MR) is 88.6 cm³/mol. The Kier molecular flexibility index (Phi) is 4.35. The summed E-state index contributed by atoms with van der Waals surface area (Å²) < 4.78 is 0. The maximum Gasteiger partial charge on any atom is 0.122 e. The Bertz CT molecular complexity index is 482.